The highest BCUT2D eigenvalue weighted by atomic mass is 16.5. The number of amides is 1. The number of carbonyl (C=O) groups excluding carboxylic acids is 2. The van der Waals surface area contributed by atoms with Gasteiger partial charge in [-0.2, -0.15) is 0 Å². The SMILES string of the molecule is COc1cccc(C(=O)C(CCCCCCCCC(=O)NO)c2ccc(-c3ccc4cc[nH]c4c3)cc2)c1. The van der Waals surface area contributed by atoms with E-state index in [9.17, 15) is 9.59 Å². The van der Waals surface area contributed by atoms with Crippen LogP contribution in [0.4, 0.5) is 0 Å². The van der Waals surface area contributed by atoms with E-state index in [0.29, 0.717) is 17.7 Å². The van der Waals surface area contributed by atoms with E-state index in [-0.39, 0.29) is 17.6 Å². The highest BCUT2D eigenvalue weighted by Crippen LogP contribution is 2.31. The lowest BCUT2D eigenvalue weighted by atomic mass is 9.85. The molecule has 6 heteroatoms. The first kappa shape index (κ1) is 27.1. The zero-order valence-electron chi connectivity index (χ0n) is 21.9. The quantitative estimate of drug-likeness (QED) is 0.0709. The van der Waals surface area contributed by atoms with Gasteiger partial charge in [0.05, 0.1) is 7.11 Å². The van der Waals surface area contributed by atoms with Crippen LogP contribution in [-0.4, -0.2) is 29.0 Å². The van der Waals surface area contributed by atoms with Crippen molar-refractivity contribution in [2.45, 2.75) is 57.3 Å². The standard InChI is InChI=1S/C32H36N2O4/c1-38-28-10-8-9-27(21-28)32(36)29(11-6-4-2-3-5-7-12-31(35)34-37)24-15-13-23(14-16-24)26-18-17-25-19-20-33-30(25)22-26/h8-10,13-22,29,33,37H,2-7,11-12H2,1H3,(H,34,35). The molecule has 1 heterocycles. The number of carbonyl (C=O) groups is 2. The lowest BCUT2D eigenvalue weighted by Gasteiger charge is -2.18. The largest absolute Gasteiger partial charge is 0.497 e. The molecule has 4 rings (SSSR count). The van der Waals surface area contributed by atoms with Crippen LogP contribution in [0.2, 0.25) is 0 Å². The summed E-state index contributed by atoms with van der Waals surface area (Å²) in [6.07, 6.45) is 8.86. The summed E-state index contributed by atoms with van der Waals surface area (Å²) < 4.78 is 5.35. The number of ketones is 1. The van der Waals surface area contributed by atoms with E-state index in [1.807, 2.05) is 30.5 Å². The summed E-state index contributed by atoms with van der Waals surface area (Å²) in [4.78, 5) is 28.1. The lowest BCUT2D eigenvalue weighted by Crippen LogP contribution is -2.17. The summed E-state index contributed by atoms with van der Waals surface area (Å²) in [7, 11) is 1.61. The molecule has 4 aromatic rings. The van der Waals surface area contributed by atoms with Gasteiger partial charge in [0.15, 0.2) is 5.78 Å². The van der Waals surface area contributed by atoms with Gasteiger partial charge in [0.2, 0.25) is 5.91 Å². The first-order valence-electron chi connectivity index (χ1n) is 13.4. The van der Waals surface area contributed by atoms with E-state index in [4.69, 9.17) is 9.94 Å². The number of nitrogens with one attached hydrogen (secondary N) is 2. The lowest BCUT2D eigenvalue weighted by molar-refractivity contribution is -0.129. The molecule has 0 radical (unpaired) electrons. The average molecular weight is 513 g/mol. The Morgan fingerprint density at radius 3 is 2.37 bits per heavy atom. The molecule has 3 aromatic carbocycles. The molecule has 6 nitrogen and oxygen atoms in total. The number of unbranched alkanes of at least 4 members (excludes halogenated alkanes) is 5. The number of hydrogen-bond acceptors (Lipinski definition) is 4. The molecule has 0 aliphatic carbocycles. The van der Waals surface area contributed by atoms with Crippen molar-refractivity contribution in [3.05, 3.63) is 90.1 Å². The molecule has 38 heavy (non-hydrogen) atoms. The van der Waals surface area contributed by atoms with E-state index in [1.54, 1.807) is 12.6 Å². The Labute approximate surface area is 224 Å². The fourth-order valence-corrected chi connectivity index (χ4v) is 4.96. The molecule has 0 fully saturated rings. The summed E-state index contributed by atoms with van der Waals surface area (Å²) in [6, 6.07) is 24.2. The Balaban J connectivity index is 1.43. The third kappa shape index (κ3) is 7.11. The number of Topliss-reactive ketones (excluding diaryl/α,β-unsaturated/α-hetero) is 1. The van der Waals surface area contributed by atoms with E-state index in [1.165, 1.54) is 5.39 Å². The number of hydrogen-bond donors (Lipinski definition) is 3. The number of ether oxygens (including phenoxy) is 1. The molecule has 0 spiro atoms. The van der Waals surface area contributed by atoms with E-state index >= 15 is 0 Å². The van der Waals surface area contributed by atoms with Crippen LogP contribution in [0.5, 0.6) is 5.75 Å². The summed E-state index contributed by atoms with van der Waals surface area (Å²) in [5, 5.41) is 9.76. The molecule has 0 saturated carbocycles. The first-order chi connectivity index (χ1) is 18.6. The fraction of sp³-hybridized carbons (Fsp3) is 0.312. The highest BCUT2D eigenvalue weighted by Gasteiger charge is 2.22. The van der Waals surface area contributed by atoms with Crippen molar-refractivity contribution in [3.8, 4) is 16.9 Å². The zero-order chi connectivity index (χ0) is 26.7. The van der Waals surface area contributed by atoms with Gasteiger partial charge < -0.3 is 9.72 Å². The first-order valence-corrected chi connectivity index (χ1v) is 13.4. The Bertz CT molecular complexity index is 1340. The molecule has 1 atom stereocenters. The molecule has 0 bridgehead atoms. The molecule has 0 aliphatic rings. The number of aromatic amines is 1. The van der Waals surface area contributed by atoms with Crippen molar-refractivity contribution < 1.29 is 19.5 Å². The van der Waals surface area contributed by atoms with Gasteiger partial charge in [-0.15, -0.1) is 0 Å². The maximum atomic E-state index is 13.7. The maximum absolute atomic E-state index is 13.7. The van der Waals surface area contributed by atoms with Crippen molar-refractivity contribution in [3.63, 3.8) is 0 Å². The van der Waals surface area contributed by atoms with Gasteiger partial charge in [0.1, 0.15) is 5.75 Å². The average Bonchev–Trinajstić information content (AvgIpc) is 3.44. The molecule has 1 amide bonds. The molecular weight excluding hydrogens is 476 g/mol. The summed E-state index contributed by atoms with van der Waals surface area (Å²) in [6.45, 7) is 0. The van der Waals surface area contributed by atoms with Gasteiger partial charge in [0.25, 0.3) is 0 Å². The third-order valence-electron chi connectivity index (χ3n) is 7.14. The predicted octanol–water partition coefficient (Wildman–Crippen LogP) is 7.44. The number of benzene rings is 3. The number of methoxy groups -OCH3 is 1. The van der Waals surface area contributed by atoms with Crippen molar-refractivity contribution in [2.24, 2.45) is 0 Å². The highest BCUT2D eigenvalue weighted by molar-refractivity contribution is 6.01. The predicted molar refractivity (Wildman–Crippen MR) is 151 cm³/mol. The van der Waals surface area contributed by atoms with Gasteiger partial charge in [0, 0.05) is 29.6 Å². The molecule has 0 aliphatic heterocycles. The van der Waals surface area contributed by atoms with Gasteiger partial charge in [-0.05, 0) is 59.2 Å². The Kier molecular flexibility index (Phi) is 9.71. The Hall–Kier alpha value is -3.90. The molecular formula is C32H36N2O4. The van der Waals surface area contributed by atoms with Crippen LogP contribution in [-0.2, 0) is 4.79 Å². The monoisotopic (exact) mass is 512 g/mol. The van der Waals surface area contributed by atoms with Crippen LogP contribution in [0.25, 0.3) is 22.0 Å². The summed E-state index contributed by atoms with van der Waals surface area (Å²) >= 11 is 0. The van der Waals surface area contributed by atoms with Crippen molar-refractivity contribution >= 4 is 22.6 Å². The second kappa shape index (κ2) is 13.6. The third-order valence-corrected chi connectivity index (χ3v) is 7.14. The van der Waals surface area contributed by atoms with Crippen LogP contribution in [0.3, 0.4) is 0 Å². The minimum Gasteiger partial charge on any atom is -0.497 e. The van der Waals surface area contributed by atoms with Crippen molar-refractivity contribution in [1.29, 1.82) is 0 Å². The van der Waals surface area contributed by atoms with Crippen LogP contribution >= 0.6 is 0 Å². The van der Waals surface area contributed by atoms with Crippen molar-refractivity contribution in [1.82, 2.24) is 10.5 Å². The van der Waals surface area contributed by atoms with Gasteiger partial charge >= 0.3 is 0 Å². The van der Waals surface area contributed by atoms with Crippen molar-refractivity contribution in [2.75, 3.05) is 7.11 Å². The maximum Gasteiger partial charge on any atom is 0.243 e. The minimum absolute atomic E-state index is 0.111. The van der Waals surface area contributed by atoms with Crippen LogP contribution < -0.4 is 10.2 Å². The van der Waals surface area contributed by atoms with Gasteiger partial charge in [-0.25, -0.2) is 5.48 Å². The van der Waals surface area contributed by atoms with Crippen LogP contribution in [0.1, 0.15) is 73.2 Å². The van der Waals surface area contributed by atoms with Crippen LogP contribution in [0, 0.1) is 0 Å². The molecule has 0 saturated heterocycles. The normalized spacial score (nSPS) is 11.8. The number of fused-ring (bicyclic) bond motifs is 1. The number of hydroxylamine groups is 1. The van der Waals surface area contributed by atoms with E-state index < -0.39 is 0 Å². The smallest absolute Gasteiger partial charge is 0.243 e. The second-order valence-corrected chi connectivity index (χ2v) is 9.75. The van der Waals surface area contributed by atoms with Gasteiger partial charge in [-0.1, -0.05) is 80.6 Å². The number of aromatic nitrogens is 1. The Morgan fingerprint density at radius 1 is 0.868 bits per heavy atom. The number of H-pyrrole nitrogens is 1. The minimum atomic E-state index is -0.334. The topological polar surface area (TPSA) is 91.4 Å². The van der Waals surface area contributed by atoms with Gasteiger partial charge in [-0.3, -0.25) is 14.8 Å². The molecule has 1 unspecified atom stereocenters. The zero-order valence-corrected chi connectivity index (χ0v) is 21.9. The molecule has 1 aromatic heterocycles. The summed E-state index contributed by atoms with van der Waals surface area (Å²) in [5.74, 6) is 0.231. The summed E-state index contributed by atoms with van der Waals surface area (Å²) in [5.41, 5.74) is 6.73. The number of rotatable bonds is 14. The van der Waals surface area contributed by atoms with E-state index in [2.05, 4.69) is 53.5 Å². The van der Waals surface area contributed by atoms with E-state index in [0.717, 1.165) is 67.2 Å². The molecule has 3 N–H and O–H groups in total. The fourth-order valence-electron chi connectivity index (χ4n) is 4.96. The van der Waals surface area contributed by atoms with Crippen LogP contribution in [0.15, 0.2) is 79.0 Å². The molecule has 198 valence electrons. The second-order valence-electron chi connectivity index (χ2n) is 9.75. The Morgan fingerprint density at radius 2 is 1.61 bits per heavy atom.